The van der Waals surface area contributed by atoms with Crippen LogP contribution in [0.2, 0.25) is 5.02 Å². The van der Waals surface area contributed by atoms with E-state index >= 15 is 0 Å². The fourth-order valence-corrected chi connectivity index (χ4v) is 6.40. The minimum atomic E-state index is -0.232. The van der Waals surface area contributed by atoms with E-state index in [-0.39, 0.29) is 29.4 Å². The Kier molecular flexibility index (Phi) is 9.12. The number of nitrogens with zero attached hydrogens (tertiary/aromatic N) is 3. The summed E-state index contributed by atoms with van der Waals surface area (Å²) in [7, 11) is 1.63. The molecule has 0 unspecified atom stereocenters. The van der Waals surface area contributed by atoms with Gasteiger partial charge < -0.3 is 10.1 Å². The zero-order valence-corrected chi connectivity index (χ0v) is 25.0. The highest BCUT2D eigenvalue weighted by molar-refractivity contribution is 8.00. The highest BCUT2D eigenvalue weighted by Gasteiger charge is 2.38. The van der Waals surface area contributed by atoms with Gasteiger partial charge in [0.1, 0.15) is 12.4 Å². The van der Waals surface area contributed by atoms with Gasteiger partial charge in [-0.15, -0.1) is 11.8 Å². The topological polar surface area (TPSA) is 76.5 Å². The van der Waals surface area contributed by atoms with Crippen molar-refractivity contribution < 1.29 is 14.3 Å². The molecule has 1 aliphatic heterocycles. The van der Waals surface area contributed by atoms with Crippen molar-refractivity contribution >= 4 is 41.0 Å². The summed E-state index contributed by atoms with van der Waals surface area (Å²) in [6, 6.07) is 23.8. The number of aryl methyl sites for hydroxylation is 2. The van der Waals surface area contributed by atoms with Gasteiger partial charge in [0.25, 0.3) is 0 Å². The number of fused-ring (bicyclic) bond motifs is 1. The van der Waals surface area contributed by atoms with Crippen LogP contribution >= 0.6 is 23.4 Å². The van der Waals surface area contributed by atoms with E-state index in [0.29, 0.717) is 30.4 Å². The van der Waals surface area contributed by atoms with Crippen LogP contribution in [-0.2, 0) is 14.3 Å². The Morgan fingerprint density at radius 2 is 1.80 bits per heavy atom. The molecule has 3 aromatic carbocycles. The smallest absolute Gasteiger partial charge is 0.240 e. The van der Waals surface area contributed by atoms with Crippen molar-refractivity contribution in [2.75, 3.05) is 37.5 Å². The summed E-state index contributed by atoms with van der Waals surface area (Å²) in [6.07, 6.45) is 0.689. The van der Waals surface area contributed by atoms with Gasteiger partial charge in [0, 0.05) is 36.4 Å². The lowest BCUT2D eigenvalue weighted by atomic mass is 9.96. The molecule has 0 aliphatic carbocycles. The maximum absolute atomic E-state index is 13.8. The number of carbonyl (C=O) groups excluding carboxylic acids is 2. The van der Waals surface area contributed by atoms with Gasteiger partial charge in [0.05, 0.1) is 22.4 Å². The van der Waals surface area contributed by atoms with Crippen LogP contribution in [0.1, 0.15) is 33.9 Å². The van der Waals surface area contributed by atoms with E-state index < -0.39 is 0 Å². The van der Waals surface area contributed by atoms with Crippen molar-refractivity contribution in [3.63, 3.8) is 0 Å². The average molecular weight is 589 g/mol. The first-order valence-corrected chi connectivity index (χ1v) is 15.0. The second-order valence-corrected chi connectivity index (χ2v) is 11.6. The van der Waals surface area contributed by atoms with Crippen LogP contribution in [0.3, 0.4) is 0 Å². The van der Waals surface area contributed by atoms with E-state index in [9.17, 15) is 9.59 Å². The molecule has 0 saturated heterocycles. The lowest BCUT2D eigenvalue weighted by molar-refractivity contribution is -0.122. The van der Waals surface area contributed by atoms with E-state index in [0.717, 1.165) is 39.2 Å². The third-order valence-corrected chi connectivity index (χ3v) is 8.59. The summed E-state index contributed by atoms with van der Waals surface area (Å²) in [5, 5.41) is 8.52. The Morgan fingerprint density at radius 1 is 1.07 bits per heavy atom. The standard InChI is InChI=1S/C32H33ClN4O3S/c1-21-9-15-25(16-10-21)37-32-29(30(35-37)23-11-13-24(33)14-12-23)31(26-8-5-4-7-22(26)2)41-20-28(39)36(32)19-27(38)34-17-6-18-40-3/h4-5,7-16,31H,6,17-20H2,1-3H3,(H,34,38)/t31-/m0/s1. The Balaban J connectivity index is 1.72. The molecule has 212 valence electrons. The number of amides is 2. The van der Waals surface area contributed by atoms with Gasteiger partial charge in [-0.25, -0.2) is 4.68 Å². The molecule has 1 aliphatic rings. The second-order valence-electron chi connectivity index (χ2n) is 10.1. The first-order chi connectivity index (χ1) is 19.9. The summed E-state index contributed by atoms with van der Waals surface area (Å²) >= 11 is 7.82. The van der Waals surface area contributed by atoms with Gasteiger partial charge in [-0.1, -0.05) is 65.7 Å². The van der Waals surface area contributed by atoms with Crippen LogP contribution in [-0.4, -0.2) is 54.2 Å². The number of aromatic nitrogens is 2. The van der Waals surface area contributed by atoms with Crippen molar-refractivity contribution in [1.82, 2.24) is 15.1 Å². The van der Waals surface area contributed by atoms with Crippen molar-refractivity contribution in [3.8, 4) is 16.9 Å². The third-order valence-electron chi connectivity index (χ3n) is 7.11. The number of hydrogen-bond acceptors (Lipinski definition) is 5. The first-order valence-electron chi connectivity index (χ1n) is 13.6. The predicted octanol–water partition coefficient (Wildman–Crippen LogP) is 6.13. The normalized spacial score (nSPS) is 15.0. The van der Waals surface area contributed by atoms with Crippen molar-refractivity contribution in [2.24, 2.45) is 0 Å². The first kappa shape index (κ1) is 28.9. The quantitative estimate of drug-likeness (QED) is 0.238. The Bertz CT molecular complexity index is 1540. The summed E-state index contributed by atoms with van der Waals surface area (Å²) in [5.74, 6) is 0.451. The molecule has 1 aromatic heterocycles. The van der Waals surface area contributed by atoms with Gasteiger partial charge in [-0.3, -0.25) is 14.5 Å². The van der Waals surface area contributed by atoms with Crippen molar-refractivity contribution in [2.45, 2.75) is 25.5 Å². The lowest BCUT2D eigenvalue weighted by Crippen LogP contribution is -2.42. The number of rotatable bonds is 9. The Hall–Kier alpha value is -3.59. The van der Waals surface area contributed by atoms with Crippen LogP contribution in [0.5, 0.6) is 0 Å². The number of halogens is 1. The number of hydrogen-bond donors (Lipinski definition) is 1. The molecule has 0 radical (unpaired) electrons. The fourth-order valence-electron chi connectivity index (χ4n) is 4.98. The summed E-state index contributed by atoms with van der Waals surface area (Å²) < 4.78 is 6.92. The van der Waals surface area contributed by atoms with E-state index in [4.69, 9.17) is 21.4 Å². The molecule has 1 N–H and O–H groups in total. The maximum atomic E-state index is 13.8. The van der Waals surface area contributed by atoms with E-state index in [2.05, 4.69) is 24.4 Å². The van der Waals surface area contributed by atoms with E-state index in [1.54, 1.807) is 23.8 Å². The molecule has 9 heteroatoms. The van der Waals surface area contributed by atoms with Crippen molar-refractivity contribution in [1.29, 1.82) is 0 Å². The summed E-state index contributed by atoms with van der Waals surface area (Å²) in [4.78, 5) is 28.6. The van der Waals surface area contributed by atoms with E-state index in [1.165, 1.54) is 0 Å². The van der Waals surface area contributed by atoms with Gasteiger partial charge in [0.2, 0.25) is 11.8 Å². The number of thioether (sulfide) groups is 1. The molecule has 0 spiro atoms. The Morgan fingerprint density at radius 3 is 2.51 bits per heavy atom. The van der Waals surface area contributed by atoms with Gasteiger partial charge in [-0.2, -0.15) is 5.10 Å². The SMILES string of the molecule is COCCCNC(=O)CN1C(=O)CS[C@@H](c2ccccc2C)c2c(-c3ccc(Cl)cc3)nn(-c3ccc(C)cc3)c21. The Labute approximate surface area is 249 Å². The van der Waals surface area contributed by atoms with Crippen LogP contribution in [0.15, 0.2) is 72.8 Å². The number of benzene rings is 3. The van der Waals surface area contributed by atoms with Gasteiger partial charge in [-0.05, 0) is 55.7 Å². The number of nitrogens with one attached hydrogen (secondary N) is 1. The number of ether oxygens (including phenoxy) is 1. The maximum Gasteiger partial charge on any atom is 0.240 e. The van der Waals surface area contributed by atoms with Crippen LogP contribution < -0.4 is 10.2 Å². The van der Waals surface area contributed by atoms with Gasteiger partial charge >= 0.3 is 0 Å². The zero-order valence-electron chi connectivity index (χ0n) is 23.4. The molecule has 5 rings (SSSR count). The molecule has 7 nitrogen and oxygen atoms in total. The lowest BCUT2D eigenvalue weighted by Gasteiger charge is -2.23. The second kappa shape index (κ2) is 12.9. The average Bonchev–Trinajstić information content (AvgIpc) is 3.29. The molecule has 0 saturated carbocycles. The molecular formula is C32H33ClN4O3S. The zero-order chi connectivity index (χ0) is 28.9. The monoisotopic (exact) mass is 588 g/mol. The number of carbonyl (C=O) groups is 2. The molecular weight excluding hydrogens is 556 g/mol. The molecule has 0 fully saturated rings. The molecule has 41 heavy (non-hydrogen) atoms. The molecule has 4 aromatic rings. The number of methoxy groups -OCH3 is 1. The number of anilines is 1. The predicted molar refractivity (Wildman–Crippen MR) is 166 cm³/mol. The van der Waals surface area contributed by atoms with Crippen LogP contribution in [0.4, 0.5) is 5.82 Å². The molecule has 0 bridgehead atoms. The summed E-state index contributed by atoms with van der Waals surface area (Å²) in [5.41, 5.74) is 6.67. The largest absolute Gasteiger partial charge is 0.385 e. The minimum Gasteiger partial charge on any atom is -0.385 e. The van der Waals surface area contributed by atoms with E-state index in [1.807, 2.05) is 72.3 Å². The minimum absolute atomic E-state index is 0.114. The summed E-state index contributed by atoms with van der Waals surface area (Å²) in [6.45, 7) is 5.01. The highest BCUT2D eigenvalue weighted by atomic mass is 35.5. The van der Waals surface area contributed by atoms with Crippen molar-refractivity contribution in [3.05, 3.63) is 100 Å². The van der Waals surface area contributed by atoms with Gasteiger partial charge in [0.15, 0.2) is 0 Å². The fraction of sp³-hybridized carbons (Fsp3) is 0.281. The molecule has 2 heterocycles. The third kappa shape index (κ3) is 6.35. The molecule has 1 atom stereocenters. The van der Waals surface area contributed by atoms with Crippen LogP contribution in [0, 0.1) is 13.8 Å². The molecule has 2 amide bonds. The van der Waals surface area contributed by atoms with Crippen LogP contribution in [0.25, 0.3) is 16.9 Å². The highest BCUT2D eigenvalue weighted by Crippen LogP contribution is 2.49.